The van der Waals surface area contributed by atoms with E-state index in [1.165, 1.54) is 14.0 Å². The molecule has 2 aliphatic heterocycles. The maximum atomic E-state index is 12.3. The van der Waals surface area contributed by atoms with Crippen LogP contribution in [0.15, 0.2) is 24.3 Å². The van der Waals surface area contributed by atoms with Gasteiger partial charge in [0.05, 0.1) is 6.54 Å². The fourth-order valence-corrected chi connectivity index (χ4v) is 3.43. The molecule has 2 heterocycles. The quantitative estimate of drug-likeness (QED) is 0.670. The Bertz CT molecular complexity index is 768. The summed E-state index contributed by atoms with van der Waals surface area (Å²) in [6.07, 6.45) is 0.973. The van der Waals surface area contributed by atoms with E-state index in [1.807, 2.05) is 4.90 Å². The minimum absolute atomic E-state index is 0.155. The number of urea groups is 1. The monoisotopic (exact) mass is 373 g/mol. The van der Waals surface area contributed by atoms with Crippen molar-refractivity contribution in [2.45, 2.75) is 25.3 Å². The summed E-state index contributed by atoms with van der Waals surface area (Å²) in [6.45, 7) is 2.74. The number of rotatable bonds is 4. The topological polar surface area (TPSA) is 111 Å². The summed E-state index contributed by atoms with van der Waals surface area (Å²) in [5.74, 6) is -0.509. The molecule has 5 amide bonds. The van der Waals surface area contributed by atoms with Crippen molar-refractivity contribution in [2.24, 2.45) is 0 Å². The number of carbonyl (C=O) groups is 4. The standard InChI is InChI=1S/C18H23N5O4/c1-12(24)19-13-3-5-14(6-4-13)20-15(25)11-23-9-7-18(8-10-23)16(26)22(2)17(27)21-18/h3-6H,7-11H2,1-2H3,(H,19,24)(H,20,25)(H,21,27). The molecule has 0 bridgehead atoms. The second kappa shape index (κ2) is 7.36. The highest BCUT2D eigenvalue weighted by molar-refractivity contribution is 6.06. The van der Waals surface area contributed by atoms with Gasteiger partial charge in [0.15, 0.2) is 0 Å². The molecule has 3 N–H and O–H groups in total. The van der Waals surface area contributed by atoms with Gasteiger partial charge in [-0.1, -0.05) is 0 Å². The maximum absolute atomic E-state index is 12.3. The van der Waals surface area contributed by atoms with E-state index in [0.717, 1.165) is 4.90 Å². The number of likely N-dealkylation sites (tertiary alicyclic amines) is 1. The Morgan fingerprint density at radius 1 is 1.07 bits per heavy atom. The lowest BCUT2D eigenvalue weighted by atomic mass is 9.87. The summed E-state index contributed by atoms with van der Waals surface area (Å²) < 4.78 is 0. The fraction of sp³-hybridized carbons (Fsp3) is 0.444. The molecule has 1 aromatic carbocycles. The van der Waals surface area contributed by atoms with Gasteiger partial charge in [-0.15, -0.1) is 0 Å². The first-order valence-corrected chi connectivity index (χ1v) is 8.79. The lowest BCUT2D eigenvalue weighted by molar-refractivity contribution is -0.132. The molecule has 1 spiro atoms. The van der Waals surface area contributed by atoms with Crippen LogP contribution < -0.4 is 16.0 Å². The number of benzene rings is 1. The van der Waals surface area contributed by atoms with Crippen LogP contribution in [0.1, 0.15) is 19.8 Å². The van der Waals surface area contributed by atoms with Gasteiger partial charge in [-0.25, -0.2) is 4.79 Å². The smallest absolute Gasteiger partial charge is 0.324 e. The number of anilines is 2. The Morgan fingerprint density at radius 3 is 2.11 bits per heavy atom. The number of nitrogens with zero attached hydrogens (tertiary/aromatic N) is 2. The van der Waals surface area contributed by atoms with Gasteiger partial charge in [0.1, 0.15) is 5.54 Å². The van der Waals surface area contributed by atoms with Crippen LogP contribution in [0.4, 0.5) is 16.2 Å². The molecule has 9 heteroatoms. The summed E-state index contributed by atoms with van der Waals surface area (Å²) >= 11 is 0. The van der Waals surface area contributed by atoms with Crippen LogP contribution in [0.3, 0.4) is 0 Å². The SMILES string of the molecule is CC(=O)Nc1ccc(NC(=O)CN2CCC3(CC2)NC(=O)N(C)C3=O)cc1. The Labute approximate surface area is 157 Å². The van der Waals surface area contributed by atoms with Gasteiger partial charge >= 0.3 is 6.03 Å². The van der Waals surface area contributed by atoms with Gasteiger partial charge in [-0.05, 0) is 37.1 Å². The third-order valence-corrected chi connectivity index (χ3v) is 4.93. The lowest BCUT2D eigenvalue weighted by Gasteiger charge is -2.36. The number of imide groups is 1. The van der Waals surface area contributed by atoms with E-state index >= 15 is 0 Å². The highest BCUT2D eigenvalue weighted by Gasteiger charge is 2.50. The summed E-state index contributed by atoms with van der Waals surface area (Å²) in [5.41, 5.74) is 0.482. The van der Waals surface area contributed by atoms with Crippen molar-refractivity contribution in [3.63, 3.8) is 0 Å². The number of piperidine rings is 1. The van der Waals surface area contributed by atoms with Gasteiger partial charge < -0.3 is 16.0 Å². The molecule has 3 rings (SSSR count). The molecule has 0 aliphatic carbocycles. The zero-order chi connectivity index (χ0) is 19.6. The largest absolute Gasteiger partial charge is 0.326 e. The van der Waals surface area contributed by atoms with E-state index in [4.69, 9.17) is 0 Å². The first-order chi connectivity index (χ1) is 12.8. The van der Waals surface area contributed by atoms with Crippen LogP contribution in [0.2, 0.25) is 0 Å². The van der Waals surface area contributed by atoms with Gasteiger partial charge in [0.2, 0.25) is 11.8 Å². The van der Waals surface area contributed by atoms with Crippen molar-refractivity contribution in [3.05, 3.63) is 24.3 Å². The predicted octanol–water partition coefficient (Wildman–Crippen LogP) is 0.600. The summed E-state index contributed by atoms with van der Waals surface area (Å²) in [7, 11) is 1.48. The molecular weight excluding hydrogens is 350 g/mol. The number of amides is 5. The van der Waals surface area contributed by atoms with Gasteiger partial charge in [0.25, 0.3) is 5.91 Å². The molecule has 1 aromatic rings. The third kappa shape index (κ3) is 4.08. The molecule has 0 radical (unpaired) electrons. The van der Waals surface area contributed by atoms with Gasteiger partial charge in [-0.3, -0.25) is 24.2 Å². The minimum atomic E-state index is -0.821. The van der Waals surface area contributed by atoms with Crippen molar-refractivity contribution >= 4 is 35.1 Å². The number of hydrogen-bond acceptors (Lipinski definition) is 5. The maximum Gasteiger partial charge on any atom is 0.324 e. The molecule has 0 atom stereocenters. The van der Waals surface area contributed by atoms with E-state index in [2.05, 4.69) is 16.0 Å². The second-order valence-electron chi connectivity index (χ2n) is 6.96. The van der Waals surface area contributed by atoms with Gasteiger partial charge in [-0.2, -0.15) is 0 Å². The van der Waals surface area contributed by atoms with E-state index in [0.29, 0.717) is 37.3 Å². The van der Waals surface area contributed by atoms with Crippen LogP contribution in [-0.4, -0.2) is 65.8 Å². The minimum Gasteiger partial charge on any atom is -0.326 e. The number of hydrogen-bond donors (Lipinski definition) is 3. The molecular formula is C18H23N5O4. The van der Waals surface area contributed by atoms with Crippen LogP contribution in [0, 0.1) is 0 Å². The Kier molecular flexibility index (Phi) is 5.13. The molecule has 27 heavy (non-hydrogen) atoms. The Hall–Kier alpha value is -2.94. The van der Waals surface area contributed by atoms with Gasteiger partial charge in [0, 0.05) is 38.4 Å². The highest BCUT2D eigenvalue weighted by atomic mass is 16.2. The normalized spacial score (nSPS) is 19.1. The molecule has 2 aliphatic rings. The average molecular weight is 373 g/mol. The zero-order valence-corrected chi connectivity index (χ0v) is 15.4. The summed E-state index contributed by atoms with van der Waals surface area (Å²) in [4.78, 5) is 50.3. The zero-order valence-electron chi connectivity index (χ0n) is 15.4. The number of likely N-dealkylation sites (N-methyl/N-ethyl adjacent to an activating group) is 1. The van der Waals surface area contributed by atoms with Crippen molar-refractivity contribution < 1.29 is 19.2 Å². The van der Waals surface area contributed by atoms with E-state index in [1.54, 1.807) is 24.3 Å². The van der Waals surface area contributed by atoms with Crippen molar-refractivity contribution in [2.75, 3.05) is 37.3 Å². The predicted molar refractivity (Wildman–Crippen MR) is 99.1 cm³/mol. The van der Waals surface area contributed by atoms with E-state index < -0.39 is 5.54 Å². The average Bonchev–Trinajstić information content (AvgIpc) is 2.82. The first-order valence-electron chi connectivity index (χ1n) is 8.79. The number of carbonyl (C=O) groups excluding carboxylic acids is 4. The van der Waals surface area contributed by atoms with Crippen LogP contribution in [-0.2, 0) is 14.4 Å². The lowest BCUT2D eigenvalue weighted by Crippen LogP contribution is -2.55. The number of nitrogens with one attached hydrogen (secondary N) is 3. The van der Waals surface area contributed by atoms with Crippen LogP contribution >= 0.6 is 0 Å². The molecule has 0 unspecified atom stereocenters. The van der Waals surface area contributed by atoms with E-state index in [9.17, 15) is 19.2 Å². The van der Waals surface area contributed by atoms with Crippen molar-refractivity contribution in [1.29, 1.82) is 0 Å². The molecule has 2 fully saturated rings. The van der Waals surface area contributed by atoms with E-state index in [-0.39, 0.29) is 30.3 Å². The van der Waals surface area contributed by atoms with Crippen LogP contribution in [0.25, 0.3) is 0 Å². The summed E-state index contributed by atoms with van der Waals surface area (Å²) in [6, 6.07) is 6.50. The first kappa shape index (κ1) is 18.8. The molecule has 144 valence electrons. The third-order valence-electron chi connectivity index (χ3n) is 4.93. The second-order valence-corrected chi connectivity index (χ2v) is 6.96. The Balaban J connectivity index is 1.49. The van der Waals surface area contributed by atoms with Crippen molar-refractivity contribution in [1.82, 2.24) is 15.1 Å². The molecule has 0 saturated carbocycles. The molecule has 2 saturated heterocycles. The highest BCUT2D eigenvalue weighted by Crippen LogP contribution is 2.28. The molecule has 9 nitrogen and oxygen atoms in total. The molecule has 0 aromatic heterocycles. The Morgan fingerprint density at radius 2 is 1.63 bits per heavy atom. The summed E-state index contributed by atoms with van der Waals surface area (Å²) in [5, 5.41) is 8.26. The van der Waals surface area contributed by atoms with Crippen LogP contribution in [0.5, 0.6) is 0 Å². The van der Waals surface area contributed by atoms with Crippen molar-refractivity contribution in [3.8, 4) is 0 Å². The fourth-order valence-electron chi connectivity index (χ4n) is 3.43.